The van der Waals surface area contributed by atoms with Gasteiger partial charge in [-0.2, -0.15) is 8.42 Å². The Morgan fingerprint density at radius 1 is 0.939 bits per heavy atom. The second-order valence-corrected chi connectivity index (χ2v) is 8.99. The highest BCUT2D eigenvalue weighted by molar-refractivity contribution is 7.86. The van der Waals surface area contributed by atoms with E-state index in [1.54, 1.807) is 30.3 Å². The molecule has 8 heteroatoms. The minimum absolute atomic E-state index is 0.0188. The number of hydrogen-bond donors (Lipinski definition) is 0. The minimum atomic E-state index is -4.04. The van der Waals surface area contributed by atoms with E-state index in [0.29, 0.717) is 54.0 Å². The van der Waals surface area contributed by atoms with Crippen LogP contribution in [-0.2, 0) is 32.2 Å². The summed E-state index contributed by atoms with van der Waals surface area (Å²) in [4.78, 5) is 12.7. The number of benzene rings is 3. The Morgan fingerprint density at radius 3 is 2.33 bits per heavy atom. The summed E-state index contributed by atoms with van der Waals surface area (Å²) in [6, 6.07) is 20.9. The van der Waals surface area contributed by atoms with Crippen LogP contribution in [0.2, 0.25) is 0 Å². The van der Waals surface area contributed by atoms with E-state index in [1.165, 1.54) is 19.2 Å². The van der Waals surface area contributed by atoms with Crippen LogP contribution in [0.4, 0.5) is 0 Å². The Labute approximate surface area is 192 Å². The summed E-state index contributed by atoms with van der Waals surface area (Å²) in [6.07, 6.45) is 1.79. The number of fused-ring (bicyclic) bond motifs is 1. The van der Waals surface area contributed by atoms with Gasteiger partial charge >= 0.3 is 16.1 Å². The molecular formula is C25H23NO6S. The minimum Gasteiger partial charge on any atom is -0.488 e. The number of ether oxygens (including phenoxy) is 2. The number of rotatable bonds is 7. The monoisotopic (exact) mass is 465 g/mol. The molecule has 0 saturated heterocycles. The molecule has 170 valence electrons. The number of carbonyl (C=O) groups is 1. The van der Waals surface area contributed by atoms with Crippen molar-refractivity contribution in [2.75, 3.05) is 7.11 Å². The van der Waals surface area contributed by atoms with Crippen molar-refractivity contribution in [2.24, 2.45) is 5.16 Å². The van der Waals surface area contributed by atoms with Gasteiger partial charge in [0.05, 0.1) is 12.8 Å². The zero-order valence-corrected chi connectivity index (χ0v) is 18.9. The molecule has 0 spiro atoms. The molecule has 3 aromatic carbocycles. The van der Waals surface area contributed by atoms with Gasteiger partial charge in [0.15, 0.2) is 0 Å². The van der Waals surface area contributed by atoms with Crippen LogP contribution in [0.3, 0.4) is 0 Å². The fraction of sp³-hybridized carbons (Fsp3) is 0.200. The number of nitrogens with zero attached hydrogens (tertiary/aromatic N) is 1. The Hall–Kier alpha value is -3.65. The van der Waals surface area contributed by atoms with Crippen LogP contribution >= 0.6 is 0 Å². The van der Waals surface area contributed by atoms with Crippen LogP contribution in [0.15, 0.2) is 82.8 Å². The summed E-state index contributed by atoms with van der Waals surface area (Å²) in [5, 5.41) is 3.96. The van der Waals surface area contributed by atoms with Gasteiger partial charge in [0.2, 0.25) is 0 Å². The number of esters is 1. The first kappa shape index (κ1) is 22.5. The second-order valence-electron chi connectivity index (χ2n) is 7.46. The van der Waals surface area contributed by atoms with Gasteiger partial charge in [-0.3, -0.25) is 4.28 Å². The van der Waals surface area contributed by atoms with Gasteiger partial charge in [-0.25, -0.2) is 4.79 Å². The van der Waals surface area contributed by atoms with Crippen LogP contribution in [0.5, 0.6) is 5.75 Å². The van der Waals surface area contributed by atoms with Gasteiger partial charge in [-0.05, 0) is 54.7 Å². The van der Waals surface area contributed by atoms with Gasteiger partial charge < -0.3 is 9.47 Å². The maximum Gasteiger partial charge on any atom is 0.358 e. The average Bonchev–Trinajstić information content (AvgIpc) is 2.86. The molecule has 33 heavy (non-hydrogen) atoms. The van der Waals surface area contributed by atoms with Gasteiger partial charge in [-0.1, -0.05) is 53.7 Å². The maximum absolute atomic E-state index is 12.7. The number of oxime groups is 1. The van der Waals surface area contributed by atoms with Crippen LogP contribution in [0.1, 0.15) is 39.9 Å². The molecule has 0 atom stereocenters. The number of methoxy groups -OCH3 is 1. The lowest BCUT2D eigenvalue weighted by atomic mass is 9.86. The summed E-state index contributed by atoms with van der Waals surface area (Å²) in [7, 11) is -2.73. The van der Waals surface area contributed by atoms with Gasteiger partial charge in [-0.15, -0.1) is 0 Å². The van der Waals surface area contributed by atoms with E-state index in [9.17, 15) is 13.2 Å². The molecule has 1 aliphatic rings. The van der Waals surface area contributed by atoms with Crippen LogP contribution in [0, 0.1) is 0 Å². The highest BCUT2D eigenvalue weighted by atomic mass is 32.2. The fourth-order valence-corrected chi connectivity index (χ4v) is 4.49. The van der Waals surface area contributed by atoms with Crippen molar-refractivity contribution >= 4 is 21.8 Å². The first-order valence-electron chi connectivity index (χ1n) is 10.5. The topological polar surface area (TPSA) is 91.3 Å². The molecule has 0 N–H and O–H groups in total. The quantitative estimate of drug-likeness (QED) is 0.377. The van der Waals surface area contributed by atoms with Crippen molar-refractivity contribution in [1.82, 2.24) is 0 Å². The predicted molar refractivity (Wildman–Crippen MR) is 123 cm³/mol. The largest absolute Gasteiger partial charge is 0.488 e. The van der Waals surface area contributed by atoms with Crippen molar-refractivity contribution in [3.05, 3.63) is 95.1 Å². The molecule has 0 bridgehead atoms. The molecule has 1 aliphatic carbocycles. The molecule has 0 fully saturated rings. The number of hydrogen-bond acceptors (Lipinski definition) is 7. The molecule has 0 aliphatic heterocycles. The molecule has 0 aromatic heterocycles. The lowest BCUT2D eigenvalue weighted by molar-refractivity contribution is 0.0594. The summed E-state index contributed by atoms with van der Waals surface area (Å²) < 4.78 is 40.9. The Balaban J connectivity index is 1.66. The number of carbonyl (C=O) groups excluding carboxylic acids is 1. The van der Waals surface area contributed by atoms with E-state index in [-0.39, 0.29) is 4.90 Å². The molecule has 0 radical (unpaired) electrons. The van der Waals surface area contributed by atoms with Gasteiger partial charge in [0.1, 0.15) is 22.8 Å². The molecule has 0 amide bonds. The first-order valence-corrected chi connectivity index (χ1v) is 11.9. The Morgan fingerprint density at radius 2 is 1.64 bits per heavy atom. The molecule has 0 unspecified atom stereocenters. The first-order chi connectivity index (χ1) is 16.0. The highest BCUT2D eigenvalue weighted by Gasteiger charge is 2.27. The third-order valence-electron chi connectivity index (χ3n) is 5.33. The normalized spacial score (nSPS) is 14.4. The van der Waals surface area contributed by atoms with Crippen LogP contribution < -0.4 is 4.74 Å². The summed E-state index contributed by atoms with van der Waals surface area (Å²) in [5.74, 6) is -0.113. The summed E-state index contributed by atoms with van der Waals surface area (Å²) in [5.41, 5.74) is 3.10. The van der Waals surface area contributed by atoms with Crippen molar-refractivity contribution in [3.8, 4) is 5.75 Å². The zero-order chi connectivity index (χ0) is 23.3. The fourth-order valence-electron chi connectivity index (χ4n) is 3.72. The molecule has 0 heterocycles. The maximum atomic E-state index is 12.7. The SMILES string of the molecule is COC(=O)c1c(OCc2ccccc2)ccc2c1CCCC2=NOS(=O)(=O)c1ccccc1. The smallest absolute Gasteiger partial charge is 0.358 e. The van der Waals surface area contributed by atoms with E-state index in [4.69, 9.17) is 13.8 Å². The Bertz CT molecular complexity index is 1270. The average molecular weight is 466 g/mol. The third kappa shape index (κ3) is 5.06. The molecule has 0 saturated carbocycles. The Kier molecular flexibility index (Phi) is 6.74. The molecule has 4 rings (SSSR count). The molecular weight excluding hydrogens is 442 g/mol. The molecule has 7 nitrogen and oxygen atoms in total. The lowest BCUT2D eigenvalue weighted by Gasteiger charge is -2.22. The van der Waals surface area contributed by atoms with Crippen molar-refractivity contribution < 1.29 is 27.0 Å². The molecule has 3 aromatic rings. The van der Waals surface area contributed by atoms with Crippen LogP contribution in [-0.4, -0.2) is 27.2 Å². The van der Waals surface area contributed by atoms with E-state index < -0.39 is 16.1 Å². The van der Waals surface area contributed by atoms with E-state index in [0.717, 1.165) is 5.56 Å². The zero-order valence-electron chi connectivity index (χ0n) is 18.1. The van der Waals surface area contributed by atoms with Gasteiger partial charge in [0.25, 0.3) is 0 Å². The van der Waals surface area contributed by atoms with Crippen molar-refractivity contribution in [1.29, 1.82) is 0 Å². The standard InChI is InChI=1S/C25H23NO6S/c1-30-25(27)24-21-13-8-14-22(26-32-33(28,29)19-11-6-3-7-12-19)20(21)15-16-23(24)31-17-18-9-4-2-5-10-18/h2-7,9-12,15-16H,8,13-14,17H2,1H3. The van der Waals surface area contributed by atoms with Crippen LogP contribution in [0.25, 0.3) is 0 Å². The van der Waals surface area contributed by atoms with Crippen molar-refractivity contribution in [3.63, 3.8) is 0 Å². The van der Waals surface area contributed by atoms with E-state index in [1.807, 2.05) is 30.3 Å². The second kappa shape index (κ2) is 9.87. The van der Waals surface area contributed by atoms with Crippen molar-refractivity contribution in [2.45, 2.75) is 30.8 Å². The highest BCUT2D eigenvalue weighted by Crippen LogP contribution is 2.33. The van der Waals surface area contributed by atoms with E-state index >= 15 is 0 Å². The van der Waals surface area contributed by atoms with Gasteiger partial charge in [0, 0.05) is 5.56 Å². The summed E-state index contributed by atoms with van der Waals surface area (Å²) >= 11 is 0. The third-order valence-corrected chi connectivity index (χ3v) is 6.45. The lowest BCUT2D eigenvalue weighted by Crippen LogP contribution is -2.19. The van der Waals surface area contributed by atoms with E-state index in [2.05, 4.69) is 5.16 Å². The summed E-state index contributed by atoms with van der Waals surface area (Å²) in [6.45, 7) is 0.295. The predicted octanol–water partition coefficient (Wildman–Crippen LogP) is 4.50.